The van der Waals surface area contributed by atoms with Crippen LogP contribution in [0.2, 0.25) is 5.02 Å². The number of anilines is 3. The SMILES string of the molecule is CCCc1nn(C)c(Nc2cc(C)ccc2Cl)c1N. The van der Waals surface area contributed by atoms with Crippen LogP contribution in [0.5, 0.6) is 0 Å². The van der Waals surface area contributed by atoms with Gasteiger partial charge in [-0.05, 0) is 31.0 Å². The molecule has 1 heterocycles. The predicted octanol–water partition coefficient (Wildman–Crippen LogP) is 3.66. The van der Waals surface area contributed by atoms with Crippen LogP contribution in [0.25, 0.3) is 0 Å². The average Bonchev–Trinajstić information content (AvgIpc) is 2.62. The quantitative estimate of drug-likeness (QED) is 0.897. The zero-order valence-electron chi connectivity index (χ0n) is 11.5. The zero-order valence-corrected chi connectivity index (χ0v) is 12.3. The van der Waals surface area contributed by atoms with E-state index in [1.165, 1.54) is 0 Å². The largest absolute Gasteiger partial charge is 0.394 e. The summed E-state index contributed by atoms with van der Waals surface area (Å²) < 4.78 is 1.76. The van der Waals surface area contributed by atoms with Crippen molar-refractivity contribution in [3.8, 4) is 0 Å². The van der Waals surface area contributed by atoms with E-state index in [0.29, 0.717) is 10.7 Å². The second-order valence-electron chi connectivity index (χ2n) is 4.69. The Bertz CT molecular complexity index is 589. The van der Waals surface area contributed by atoms with Crippen molar-refractivity contribution >= 4 is 28.8 Å². The lowest BCUT2D eigenvalue weighted by atomic mass is 10.2. The lowest BCUT2D eigenvalue weighted by molar-refractivity contribution is 0.740. The first-order chi connectivity index (χ1) is 9.02. The summed E-state index contributed by atoms with van der Waals surface area (Å²) in [6.07, 6.45) is 1.90. The van der Waals surface area contributed by atoms with Crippen molar-refractivity contribution in [3.05, 3.63) is 34.5 Å². The van der Waals surface area contributed by atoms with Crippen LogP contribution in [-0.4, -0.2) is 9.78 Å². The van der Waals surface area contributed by atoms with E-state index in [-0.39, 0.29) is 0 Å². The molecule has 0 saturated carbocycles. The van der Waals surface area contributed by atoms with Crippen LogP contribution < -0.4 is 11.1 Å². The smallest absolute Gasteiger partial charge is 0.152 e. The number of rotatable bonds is 4. The van der Waals surface area contributed by atoms with Gasteiger partial charge in [0, 0.05) is 7.05 Å². The molecule has 3 N–H and O–H groups in total. The fourth-order valence-electron chi connectivity index (χ4n) is 2.03. The van der Waals surface area contributed by atoms with E-state index in [9.17, 15) is 0 Å². The van der Waals surface area contributed by atoms with Gasteiger partial charge in [0.15, 0.2) is 5.82 Å². The van der Waals surface area contributed by atoms with Gasteiger partial charge < -0.3 is 11.1 Å². The van der Waals surface area contributed by atoms with Gasteiger partial charge >= 0.3 is 0 Å². The number of hydrogen-bond donors (Lipinski definition) is 2. The molecule has 2 rings (SSSR count). The van der Waals surface area contributed by atoms with E-state index < -0.39 is 0 Å². The van der Waals surface area contributed by atoms with Crippen molar-refractivity contribution in [2.24, 2.45) is 7.05 Å². The molecule has 0 radical (unpaired) electrons. The van der Waals surface area contributed by atoms with Gasteiger partial charge in [0.25, 0.3) is 0 Å². The second kappa shape index (κ2) is 5.53. The minimum atomic E-state index is 0.670. The first-order valence-corrected chi connectivity index (χ1v) is 6.75. The van der Waals surface area contributed by atoms with Crippen LogP contribution in [0, 0.1) is 6.92 Å². The Labute approximate surface area is 118 Å². The molecule has 2 aromatic rings. The van der Waals surface area contributed by atoms with E-state index in [4.69, 9.17) is 17.3 Å². The maximum atomic E-state index is 6.19. The molecule has 0 fully saturated rings. The standard InChI is InChI=1S/C14H19ClN4/c1-4-5-11-13(16)14(19(3)18-11)17-12-8-9(2)6-7-10(12)15/h6-8,17H,4-5,16H2,1-3H3. The number of halogens is 1. The highest BCUT2D eigenvalue weighted by Crippen LogP contribution is 2.30. The minimum Gasteiger partial charge on any atom is -0.394 e. The summed E-state index contributed by atoms with van der Waals surface area (Å²) in [5.41, 5.74) is 9.75. The molecule has 0 atom stereocenters. The first-order valence-electron chi connectivity index (χ1n) is 6.37. The lowest BCUT2D eigenvalue weighted by Gasteiger charge is -2.10. The molecule has 0 unspecified atom stereocenters. The summed E-state index contributed by atoms with van der Waals surface area (Å²) in [7, 11) is 1.88. The van der Waals surface area contributed by atoms with Crippen LogP contribution in [0.1, 0.15) is 24.6 Å². The molecule has 5 heteroatoms. The van der Waals surface area contributed by atoms with E-state index in [0.717, 1.165) is 35.6 Å². The van der Waals surface area contributed by atoms with Gasteiger partial charge in [0.1, 0.15) is 0 Å². The Hall–Kier alpha value is -1.68. The van der Waals surface area contributed by atoms with Gasteiger partial charge in [0.2, 0.25) is 0 Å². The molecular formula is C14H19ClN4. The Morgan fingerprint density at radius 2 is 2.16 bits per heavy atom. The predicted molar refractivity (Wildman–Crippen MR) is 81.1 cm³/mol. The molecule has 0 saturated heterocycles. The van der Waals surface area contributed by atoms with Crippen LogP contribution >= 0.6 is 11.6 Å². The Balaban J connectivity index is 2.35. The number of nitrogens with one attached hydrogen (secondary N) is 1. The van der Waals surface area contributed by atoms with Crippen molar-refractivity contribution < 1.29 is 0 Å². The van der Waals surface area contributed by atoms with Crippen molar-refractivity contribution in [1.82, 2.24) is 9.78 Å². The molecule has 1 aromatic carbocycles. The molecule has 0 aliphatic rings. The summed E-state index contributed by atoms with van der Waals surface area (Å²) >= 11 is 6.19. The van der Waals surface area contributed by atoms with E-state index in [1.54, 1.807) is 4.68 Å². The van der Waals surface area contributed by atoms with E-state index >= 15 is 0 Å². The summed E-state index contributed by atoms with van der Waals surface area (Å²) in [4.78, 5) is 0. The number of benzene rings is 1. The van der Waals surface area contributed by atoms with Gasteiger partial charge in [-0.25, -0.2) is 0 Å². The van der Waals surface area contributed by atoms with Gasteiger partial charge in [-0.3, -0.25) is 4.68 Å². The van der Waals surface area contributed by atoms with Crippen molar-refractivity contribution in [1.29, 1.82) is 0 Å². The monoisotopic (exact) mass is 278 g/mol. The molecular weight excluding hydrogens is 260 g/mol. The fourth-order valence-corrected chi connectivity index (χ4v) is 2.19. The normalized spacial score (nSPS) is 10.7. The van der Waals surface area contributed by atoms with Crippen molar-refractivity contribution in [2.45, 2.75) is 26.7 Å². The Morgan fingerprint density at radius 3 is 2.84 bits per heavy atom. The van der Waals surface area contributed by atoms with Crippen molar-refractivity contribution in [3.63, 3.8) is 0 Å². The third-order valence-electron chi connectivity index (χ3n) is 3.02. The van der Waals surface area contributed by atoms with Gasteiger partial charge in [-0.15, -0.1) is 0 Å². The maximum absolute atomic E-state index is 6.19. The van der Waals surface area contributed by atoms with Gasteiger partial charge in [0.05, 0.1) is 22.1 Å². The van der Waals surface area contributed by atoms with Crippen LogP contribution in [-0.2, 0) is 13.5 Å². The second-order valence-corrected chi connectivity index (χ2v) is 5.10. The molecule has 0 aliphatic heterocycles. The van der Waals surface area contributed by atoms with Crippen LogP contribution in [0.3, 0.4) is 0 Å². The molecule has 102 valence electrons. The fraction of sp³-hybridized carbons (Fsp3) is 0.357. The summed E-state index contributed by atoms with van der Waals surface area (Å²) in [6.45, 7) is 4.13. The van der Waals surface area contributed by atoms with Crippen LogP contribution in [0.4, 0.5) is 17.2 Å². The summed E-state index contributed by atoms with van der Waals surface area (Å²) in [5, 5.41) is 8.38. The van der Waals surface area contributed by atoms with Gasteiger partial charge in [-0.1, -0.05) is 31.0 Å². The first kappa shape index (κ1) is 13.7. The third-order valence-corrected chi connectivity index (χ3v) is 3.35. The highest BCUT2D eigenvalue weighted by molar-refractivity contribution is 6.33. The highest BCUT2D eigenvalue weighted by Gasteiger charge is 2.13. The topological polar surface area (TPSA) is 55.9 Å². The average molecular weight is 279 g/mol. The molecule has 1 aromatic heterocycles. The number of hydrogen-bond acceptors (Lipinski definition) is 3. The maximum Gasteiger partial charge on any atom is 0.152 e. The molecule has 0 aliphatic carbocycles. The molecule has 19 heavy (non-hydrogen) atoms. The number of aryl methyl sites for hydroxylation is 3. The third kappa shape index (κ3) is 2.84. The van der Waals surface area contributed by atoms with Crippen LogP contribution in [0.15, 0.2) is 18.2 Å². The number of aromatic nitrogens is 2. The number of nitrogens with two attached hydrogens (primary N) is 1. The summed E-state index contributed by atoms with van der Waals surface area (Å²) in [6, 6.07) is 5.84. The number of nitrogens with zero attached hydrogens (tertiary/aromatic N) is 2. The zero-order chi connectivity index (χ0) is 14.0. The van der Waals surface area contributed by atoms with E-state index in [1.807, 2.05) is 32.2 Å². The molecule has 0 spiro atoms. The highest BCUT2D eigenvalue weighted by atomic mass is 35.5. The Morgan fingerprint density at radius 1 is 1.42 bits per heavy atom. The lowest BCUT2D eigenvalue weighted by Crippen LogP contribution is -2.02. The van der Waals surface area contributed by atoms with E-state index in [2.05, 4.69) is 17.3 Å². The van der Waals surface area contributed by atoms with Crippen molar-refractivity contribution in [2.75, 3.05) is 11.1 Å². The minimum absolute atomic E-state index is 0.670. The summed E-state index contributed by atoms with van der Waals surface area (Å²) in [5.74, 6) is 0.788. The molecule has 4 nitrogen and oxygen atoms in total. The van der Waals surface area contributed by atoms with Gasteiger partial charge in [-0.2, -0.15) is 5.10 Å². The number of nitrogen functional groups attached to an aromatic ring is 1. The molecule has 0 bridgehead atoms. The molecule has 0 amide bonds. The Kier molecular flexibility index (Phi) is 4.00.